The van der Waals surface area contributed by atoms with Gasteiger partial charge in [-0.1, -0.05) is 6.07 Å². The summed E-state index contributed by atoms with van der Waals surface area (Å²) in [4.78, 5) is 0. The van der Waals surface area contributed by atoms with Gasteiger partial charge in [-0.3, -0.25) is 0 Å². The largest absolute Gasteiger partial charge is 0.632 e. The first-order valence-corrected chi connectivity index (χ1v) is 10.4. The minimum Gasteiger partial charge on any atom is -0.632 e. The fraction of sp³-hybridized carbons (Fsp3) is 0.417. The van der Waals surface area contributed by atoms with Gasteiger partial charge < -0.3 is 28.8 Å². The van der Waals surface area contributed by atoms with Crippen LogP contribution in [-0.2, 0) is 13.0 Å². The van der Waals surface area contributed by atoms with E-state index in [-0.39, 0.29) is 10.7 Å². The molecule has 3 aromatic rings. The SMILES string of the molecule is COc1cc2c3c(c4ccc(OC)c(OC)c4c2cc1OC)C[C@@H]1CCC[N+]1([O-])C3. The van der Waals surface area contributed by atoms with Gasteiger partial charge >= 0.3 is 0 Å². The molecule has 0 aliphatic carbocycles. The summed E-state index contributed by atoms with van der Waals surface area (Å²) < 4.78 is 22.5. The number of hydrogen-bond donors (Lipinski definition) is 0. The molecule has 0 bridgehead atoms. The van der Waals surface area contributed by atoms with Crippen molar-refractivity contribution in [2.45, 2.75) is 31.8 Å². The van der Waals surface area contributed by atoms with Gasteiger partial charge in [0.1, 0.15) is 6.54 Å². The molecule has 30 heavy (non-hydrogen) atoms. The van der Waals surface area contributed by atoms with Crippen molar-refractivity contribution in [3.63, 3.8) is 0 Å². The third kappa shape index (κ3) is 2.57. The van der Waals surface area contributed by atoms with Crippen molar-refractivity contribution >= 4 is 21.5 Å². The van der Waals surface area contributed by atoms with Gasteiger partial charge in [-0.15, -0.1) is 0 Å². The monoisotopic (exact) mass is 409 g/mol. The quantitative estimate of drug-likeness (QED) is 0.359. The molecule has 6 nitrogen and oxygen atoms in total. The summed E-state index contributed by atoms with van der Waals surface area (Å²) in [7, 11) is 6.59. The maximum atomic E-state index is 13.6. The summed E-state index contributed by atoms with van der Waals surface area (Å²) in [5.41, 5.74) is 2.38. The van der Waals surface area contributed by atoms with Gasteiger partial charge in [-0.2, -0.15) is 0 Å². The molecule has 1 saturated heterocycles. The van der Waals surface area contributed by atoms with Crippen molar-refractivity contribution in [1.82, 2.24) is 0 Å². The maximum absolute atomic E-state index is 13.6. The van der Waals surface area contributed by atoms with E-state index in [2.05, 4.69) is 6.07 Å². The number of ether oxygens (including phenoxy) is 4. The molecule has 1 unspecified atom stereocenters. The summed E-state index contributed by atoms with van der Waals surface area (Å²) >= 11 is 0. The van der Waals surface area contributed by atoms with E-state index in [9.17, 15) is 5.21 Å². The van der Waals surface area contributed by atoms with Crippen molar-refractivity contribution in [2.75, 3.05) is 35.0 Å². The molecule has 3 aromatic carbocycles. The zero-order chi connectivity index (χ0) is 21.0. The molecule has 0 saturated carbocycles. The first-order valence-electron chi connectivity index (χ1n) is 10.4. The molecule has 0 amide bonds. The smallest absolute Gasteiger partial charge is 0.169 e. The Morgan fingerprint density at radius 3 is 2.20 bits per heavy atom. The third-order valence-corrected chi connectivity index (χ3v) is 6.96. The zero-order valence-electron chi connectivity index (χ0n) is 17.9. The zero-order valence-corrected chi connectivity index (χ0v) is 17.9. The summed E-state index contributed by atoms with van der Waals surface area (Å²) in [6.07, 6.45) is 2.77. The number of benzene rings is 3. The minimum absolute atomic E-state index is 0.116. The van der Waals surface area contributed by atoms with Gasteiger partial charge in [0.2, 0.25) is 0 Å². The van der Waals surface area contributed by atoms with Crippen molar-refractivity contribution < 1.29 is 23.6 Å². The van der Waals surface area contributed by atoms with Gasteiger partial charge in [-0.25, -0.2) is 0 Å². The Morgan fingerprint density at radius 2 is 1.53 bits per heavy atom. The van der Waals surface area contributed by atoms with Crippen LogP contribution in [0.15, 0.2) is 24.3 Å². The molecule has 1 fully saturated rings. The Bertz CT molecular complexity index is 1160. The molecule has 0 spiro atoms. The van der Waals surface area contributed by atoms with Crippen LogP contribution in [0.3, 0.4) is 0 Å². The Kier molecular flexibility index (Phi) is 4.45. The van der Waals surface area contributed by atoms with Gasteiger partial charge in [-0.05, 0) is 39.9 Å². The van der Waals surface area contributed by atoms with E-state index in [0.29, 0.717) is 36.1 Å². The first-order chi connectivity index (χ1) is 14.5. The Balaban J connectivity index is 1.95. The minimum atomic E-state index is -0.116. The number of hydroxylamine groups is 3. The molecule has 2 aliphatic rings. The number of nitrogens with zero attached hydrogens (tertiary/aromatic N) is 1. The summed E-state index contributed by atoms with van der Waals surface area (Å²) in [5, 5.41) is 17.7. The van der Waals surface area contributed by atoms with Gasteiger partial charge in [0.25, 0.3) is 0 Å². The Morgan fingerprint density at radius 1 is 0.833 bits per heavy atom. The average molecular weight is 409 g/mol. The second kappa shape index (κ2) is 6.93. The molecule has 0 N–H and O–H groups in total. The van der Waals surface area contributed by atoms with Gasteiger partial charge in [0.05, 0.1) is 41.0 Å². The van der Waals surface area contributed by atoms with Crippen LogP contribution in [0, 0.1) is 5.21 Å². The molecule has 158 valence electrons. The van der Waals surface area contributed by atoms with Crippen LogP contribution in [0.5, 0.6) is 23.0 Å². The highest BCUT2D eigenvalue weighted by Crippen LogP contribution is 2.49. The number of rotatable bonds is 4. The Hall–Kier alpha value is -2.70. The molecule has 0 aromatic heterocycles. The van der Waals surface area contributed by atoms with Crippen molar-refractivity contribution in [3.8, 4) is 23.0 Å². The predicted molar refractivity (Wildman–Crippen MR) is 117 cm³/mol. The van der Waals surface area contributed by atoms with Crippen LogP contribution in [0.4, 0.5) is 0 Å². The highest BCUT2D eigenvalue weighted by atomic mass is 16.5. The van der Waals surface area contributed by atoms with E-state index < -0.39 is 0 Å². The van der Waals surface area contributed by atoms with E-state index in [4.69, 9.17) is 18.9 Å². The molecular weight excluding hydrogens is 382 g/mol. The van der Waals surface area contributed by atoms with Crippen LogP contribution in [0.2, 0.25) is 0 Å². The number of fused-ring (bicyclic) bond motifs is 7. The number of quaternary nitrogens is 1. The lowest BCUT2D eigenvalue weighted by Crippen LogP contribution is -2.49. The topological polar surface area (TPSA) is 60.0 Å². The average Bonchev–Trinajstić information content (AvgIpc) is 3.16. The number of hydrogen-bond acceptors (Lipinski definition) is 5. The highest BCUT2D eigenvalue weighted by molar-refractivity contribution is 6.15. The van der Waals surface area contributed by atoms with Gasteiger partial charge in [0.15, 0.2) is 23.0 Å². The second-order valence-corrected chi connectivity index (χ2v) is 8.27. The lowest BCUT2D eigenvalue weighted by molar-refractivity contribution is -0.907. The lowest BCUT2D eigenvalue weighted by Gasteiger charge is -2.48. The van der Waals surface area contributed by atoms with E-state index in [1.165, 1.54) is 5.56 Å². The molecule has 2 atom stereocenters. The summed E-state index contributed by atoms with van der Waals surface area (Å²) in [6, 6.07) is 8.19. The van der Waals surface area contributed by atoms with E-state index in [1.54, 1.807) is 28.4 Å². The molecule has 6 heteroatoms. The van der Waals surface area contributed by atoms with Crippen LogP contribution in [0.1, 0.15) is 24.0 Å². The molecule has 0 radical (unpaired) electrons. The standard InChI is InChI=1S/C24H27NO5/c1-27-20-8-7-15-16-10-14-6-5-9-25(14,26)13-19(16)17-11-21(28-2)22(29-3)12-18(17)23(15)24(20)30-4/h7-8,11-12,14H,5-6,9-10,13H2,1-4H3/t14-,25?/m0/s1. The number of methoxy groups -OCH3 is 4. The van der Waals surface area contributed by atoms with Crippen LogP contribution < -0.4 is 18.9 Å². The van der Waals surface area contributed by atoms with E-state index in [1.807, 2.05) is 18.2 Å². The maximum Gasteiger partial charge on any atom is 0.169 e. The molecule has 2 heterocycles. The Labute approximate surface area is 176 Å². The van der Waals surface area contributed by atoms with Crippen LogP contribution in [0.25, 0.3) is 21.5 Å². The molecule has 5 rings (SSSR count). The van der Waals surface area contributed by atoms with Crippen LogP contribution in [-0.4, -0.2) is 45.7 Å². The fourth-order valence-electron chi connectivity index (χ4n) is 5.51. The predicted octanol–water partition coefficient (Wildman–Crippen LogP) is 4.56. The second-order valence-electron chi connectivity index (χ2n) is 8.27. The van der Waals surface area contributed by atoms with E-state index in [0.717, 1.165) is 46.4 Å². The third-order valence-electron chi connectivity index (χ3n) is 6.96. The van der Waals surface area contributed by atoms with Crippen molar-refractivity contribution in [3.05, 3.63) is 40.6 Å². The van der Waals surface area contributed by atoms with E-state index >= 15 is 0 Å². The van der Waals surface area contributed by atoms with Crippen molar-refractivity contribution in [1.29, 1.82) is 0 Å². The summed E-state index contributed by atoms with van der Waals surface area (Å²) in [6.45, 7) is 1.19. The van der Waals surface area contributed by atoms with Crippen LogP contribution >= 0.6 is 0 Å². The first kappa shape index (κ1) is 19.3. The molecular formula is C24H27NO5. The highest BCUT2D eigenvalue weighted by Gasteiger charge is 2.41. The lowest BCUT2D eigenvalue weighted by atomic mass is 9.84. The fourth-order valence-corrected chi connectivity index (χ4v) is 5.51. The summed E-state index contributed by atoms with van der Waals surface area (Å²) in [5.74, 6) is 2.70. The van der Waals surface area contributed by atoms with Crippen molar-refractivity contribution in [2.24, 2.45) is 0 Å². The molecule has 2 aliphatic heterocycles. The van der Waals surface area contributed by atoms with Gasteiger partial charge in [0, 0.05) is 30.2 Å². The normalized spacial score (nSPS) is 22.6.